The van der Waals surface area contributed by atoms with Crippen LogP contribution in [-0.2, 0) is 19.3 Å². The van der Waals surface area contributed by atoms with Crippen LogP contribution in [0.25, 0.3) is 43.4 Å². The molecule has 0 spiro atoms. The van der Waals surface area contributed by atoms with Crippen LogP contribution in [0.15, 0.2) is 88.6 Å². The number of rotatable bonds is 12. The first kappa shape index (κ1) is 45.4. The number of nitrogens with one attached hydrogen (secondary N) is 4. The van der Waals surface area contributed by atoms with Crippen molar-refractivity contribution in [2.24, 2.45) is 0 Å². The summed E-state index contributed by atoms with van der Waals surface area (Å²) >= 11 is 0. The van der Waals surface area contributed by atoms with Gasteiger partial charge in [0.05, 0.1) is 39.5 Å². The minimum absolute atomic E-state index is 0.0837. The molecule has 0 radical (unpaired) electrons. The number of methoxy groups -OCH3 is 4. The summed E-state index contributed by atoms with van der Waals surface area (Å²) in [7, 11) is 10.1. The molecule has 0 aliphatic carbocycles. The summed E-state index contributed by atoms with van der Waals surface area (Å²) < 4.78 is 21.9. The minimum atomic E-state index is -0.129. The van der Waals surface area contributed by atoms with Gasteiger partial charge in [0.25, 0.3) is 11.1 Å². The van der Waals surface area contributed by atoms with Crippen molar-refractivity contribution in [3.05, 3.63) is 139 Å². The van der Waals surface area contributed by atoms with Gasteiger partial charge in [-0.15, -0.1) is 0 Å². The number of nitrogens with zero attached hydrogens (tertiary/aromatic N) is 2. The van der Waals surface area contributed by atoms with E-state index in [2.05, 4.69) is 71.7 Å². The average Bonchev–Trinajstić information content (AvgIpc) is 3.30. The van der Waals surface area contributed by atoms with Gasteiger partial charge in [-0.25, -0.2) is 9.97 Å². The Labute approximate surface area is 368 Å². The molecule has 0 fully saturated rings. The van der Waals surface area contributed by atoms with Crippen LogP contribution < -0.4 is 40.7 Å². The first-order valence-electron chi connectivity index (χ1n) is 21.2. The molecule has 8 rings (SSSR count). The van der Waals surface area contributed by atoms with Gasteiger partial charge in [-0.2, -0.15) is 0 Å². The van der Waals surface area contributed by atoms with E-state index in [4.69, 9.17) is 28.9 Å². The molecular formula is C51H58N6O6. The van der Waals surface area contributed by atoms with Crippen molar-refractivity contribution in [3.8, 4) is 23.0 Å². The van der Waals surface area contributed by atoms with Crippen LogP contribution >= 0.6 is 0 Å². The fraction of sp³-hybridized carbons (Fsp3) is 0.294. The number of H-pyrrole nitrogens is 2. The summed E-state index contributed by atoms with van der Waals surface area (Å²) in [5, 5.41) is 12.0. The van der Waals surface area contributed by atoms with E-state index < -0.39 is 0 Å². The Bertz CT molecular complexity index is 3050. The molecular weight excluding hydrogens is 793 g/mol. The summed E-state index contributed by atoms with van der Waals surface area (Å²) in [5.74, 6) is 4.00. The molecule has 0 bridgehead atoms. The highest BCUT2D eigenvalue weighted by atomic mass is 16.5. The van der Waals surface area contributed by atoms with Crippen LogP contribution in [0, 0.1) is 13.8 Å². The topological polar surface area (TPSA) is 152 Å². The second kappa shape index (κ2) is 20.2. The van der Waals surface area contributed by atoms with E-state index >= 15 is 0 Å². The average molecular weight is 851 g/mol. The highest BCUT2D eigenvalue weighted by Gasteiger charge is 2.19. The van der Waals surface area contributed by atoms with Crippen molar-refractivity contribution in [3.63, 3.8) is 0 Å². The second-order valence-electron chi connectivity index (χ2n) is 15.0. The van der Waals surface area contributed by atoms with Crippen molar-refractivity contribution < 1.29 is 18.9 Å². The van der Waals surface area contributed by atoms with Crippen LogP contribution in [0.5, 0.6) is 23.0 Å². The van der Waals surface area contributed by atoms with E-state index in [1.807, 2.05) is 70.4 Å². The van der Waals surface area contributed by atoms with Gasteiger partial charge in [-0.05, 0) is 103 Å². The van der Waals surface area contributed by atoms with Gasteiger partial charge in [-0.3, -0.25) is 9.59 Å². The zero-order valence-electron chi connectivity index (χ0n) is 38.2. The highest BCUT2D eigenvalue weighted by Crippen LogP contribution is 2.36. The molecule has 4 heterocycles. The lowest BCUT2D eigenvalue weighted by Crippen LogP contribution is -2.17. The number of aromatic nitrogens is 4. The molecule has 0 atom stereocenters. The van der Waals surface area contributed by atoms with E-state index in [1.54, 1.807) is 34.6 Å². The highest BCUT2D eigenvalue weighted by molar-refractivity contribution is 5.92. The number of benzene rings is 4. The Morgan fingerprint density at radius 1 is 0.571 bits per heavy atom. The fourth-order valence-electron chi connectivity index (χ4n) is 7.97. The fourth-order valence-corrected chi connectivity index (χ4v) is 7.97. The number of aryl methyl sites for hydroxylation is 3. The lowest BCUT2D eigenvalue weighted by Gasteiger charge is -2.16. The third-order valence-corrected chi connectivity index (χ3v) is 11.0. The Hall–Kier alpha value is -7.08. The normalized spacial score (nSPS) is 10.8. The van der Waals surface area contributed by atoms with Crippen molar-refractivity contribution >= 4 is 55.0 Å². The smallest absolute Gasteiger partial charge is 0.252 e. The Morgan fingerprint density at radius 3 is 1.51 bits per heavy atom. The van der Waals surface area contributed by atoms with Crippen molar-refractivity contribution in [1.29, 1.82) is 0 Å². The molecule has 63 heavy (non-hydrogen) atoms. The molecule has 0 aliphatic rings. The number of aromatic amines is 2. The predicted molar refractivity (Wildman–Crippen MR) is 258 cm³/mol. The Kier molecular flexibility index (Phi) is 14.6. The van der Waals surface area contributed by atoms with Gasteiger partial charge >= 0.3 is 0 Å². The first-order valence-corrected chi connectivity index (χ1v) is 21.2. The van der Waals surface area contributed by atoms with Gasteiger partial charge in [-0.1, -0.05) is 50.5 Å². The first-order chi connectivity index (χ1) is 30.5. The molecule has 8 aromatic rings. The van der Waals surface area contributed by atoms with Crippen LogP contribution in [0.3, 0.4) is 0 Å². The molecule has 328 valence electrons. The van der Waals surface area contributed by atoms with Gasteiger partial charge in [0, 0.05) is 71.5 Å². The molecule has 4 aromatic heterocycles. The molecule has 0 amide bonds. The van der Waals surface area contributed by atoms with Crippen molar-refractivity contribution in [1.82, 2.24) is 19.9 Å². The standard InChI is InChI=1S/C26H29N3O3.C23H23N3O3.C2H6/c1-6-7-22-19-14-24(32-5)23(31-4)13-18(19)20(26(30)29-22)12-17-11-16-10-15(2)8-9-21(16)28-25(17)27-3;1-13-5-6-19-14(7-13)8-15(22(24-2)26-19)9-18-17-11-21(29-4)20(28-3)10-16(17)12-25-23(18)27;1-2/h8-11,13-14H,6-7,12H2,1-5H3,(H,27,28)(H,29,30);5-8,10-12H,9H2,1-4H3,(H,24,26)(H,25,27);1-2H3. The van der Waals surface area contributed by atoms with Crippen molar-refractivity contribution in [2.75, 3.05) is 53.2 Å². The maximum Gasteiger partial charge on any atom is 0.252 e. The van der Waals surface area contributed by atoms with Gasteiger partial charge in [0.1, 0.15) is 11.6 Å². The number of hydrogen-bond donors (Lipinski definition) is 4. The lowest BCUT2D eigenvalue weighted by atomic mass is 9.96. The van der Waals surface area contributed by atoms with Crippen LogP contribution in [0.1, 0.15) is 66.3 Å². The molecule has 0 saturated carbocycles. The second-order valence-corrected chi connectivity index (χ2v) is 15.0. The van der Waals surface area contributed by atoms with Gasteiger partial charge < -0.3 is 39.5 Å². The summed E-state index contributed by atoms with van der Waals surface area (Å²) in [5.41, 5.74) is 8.16. The minimum Gasteiger partial charge on any atom is -0.493 e. The summed E-state index contributed by atoms with van der Waals surface area (Å²) in [6.07, 6.45) is 4.29. The molecule has 4 N–H and O–H groups in total. The summed E-state index contributed by atoms with van der Waals surface area (Å²) in [6.45, 7) is 10.2. The summed E-state index contributed by atoms with van der Waals surface area (Å²) in [4.78, 5) is 41.5. The quantitative estimate of drug-likeness (QED) is 0.0935. The van der Waals surface area contributed by atoms with Crippen LogP contribution in [0.2, 0.25) is 0 Å². The number of ether oxygens (including phenoxy) is 4. The maximum absolute atomic E-state index is 13.2. The van der Waals surface area contributed by atoms with Crippen molar-refractivity contribution in [2.45, 2.75) is 60.3 Å². The SMILES string of the molecule is CC.CCCc1[nH]c(=O)c(Cc2cc3cc(C)ccc3nc2NC)c2cc(OC)c(OC)cc12.CNc1nc2ccc(C)cc2cc1Cc1c(=O)[nH]cc2cc(OC)c(OC)cc12. The molecule has 0 saturated heterocycles. The van der Waals surface area contributed by atoms with E-state index in [-0.39, 0.29) is 11.1 Å². The predicted octanol–water partition coefficient (Wildman–Crippen LogP) is 10.0. The van der Waals surface area contributed by atoms with Crippen LogP contribution in [-0.4, -0.2) is 62.5 Å². The lowest BCUT2D eigenvalue weighted by molar-refractivity contribution is 0.356. The Balaban J connectivity index is 0.000000203. The van der Waals surface area contributed by atoms with Gasteiger partial charge in [0.15, 0.2) is 23.0 Å². The molecule has 12 heteroatoms. The number of fused-ring (bicyclic) bond motifs is 4. The number of hydrogen-bond acceptors (Lipinski definition) is 10. The largest absolute Gasteiger partial charge is 0.493 e. The molecule has 0 aliphatic heterocycles. The maximum atomic E-state index is 13.2. The third kappa shape index (κ3) is 9.55. The monoisotopic (exact) mass is 850 g/mol. The van der Waals surface area contributed by atoms with E-state index in [9.17, 15) is 9.59 Å². The zero-order valence-corrected chi connectivity index (χ0v) is 38.2. The Morgan fingerprint density at radius 2 is 1.03 bits per heavy atom. The summed E-state index contributed by atoms with van der Waals surface area (Å²) in [6, 6.07) is 24.2. The number of anilines is 2. The number of pyridine rings is 4. The third-order valence-electron chi connectivity index (χ3n) is 11.0. The van der Waals surface area contributed by atoms with E-state index in [0.717, 1.165) is 84.6 Å². The molecule has 0 unspecified atom stereocenters. The molecule has 4 aromatic carbocycles. The van der Waals surface area contributed by atoms with E-state index in [1.165, 1.54) is 11.1 Å². The van der Waals surface area contributed by atoms with Gasteiger partial charge in [0.2, 0.25) is 0 Å². The van der Waals surface area contributed by atoms with Crippen LogP contribution in [0.4, 0.5) is 11.6 Å². The zero-order chi connectivity index (χ0) is 45.4. The molecule has 12 nitrogen and oxygen atoms in total. The van der Waals surface area contributed by atoms with E-state index in [0.29, 0.717) is 47.0 Å².